The highest BCUT2D eigenvalue weighted by atomic mass is 35.5. The Morgan fingerprint density at radius 2 is 1.68 bits per heavy atom. The van der Waals surface area contributed by atoms with Crippen LogP contribution in [0.25, 0.3) is 0 Å². The van der Waals surface area contributed by atoms with Gasteiger partial charge in [0.1, 0.15) is 11.8 Å². The number of esters is 1. The Hall–Kier alpha value is -3.73. The number of nitrogens with zero attached hydrogens (tertiary/aromatic N) is 2. The number of benzene rings is 3. The number of halogens is 1. The van der Waals surface area contributed by atoms with Gasteiger partial charge < -0.3 is 9.47 Å². The maximum absolute atomic E-state index is 13.8. The standard InChI is InChI=1S/C27H25ClN2O7S/c1-3-37-27(33)18-8-10-20(11-9-18)30-25(31)16-24(26(30)32)29(17-19-6-4-5-7-23(19)28)38(34,35)22-14-12-21(36-2)13-15-22/h4-15,24H,3,16-17H2,1-2H3. The van der Waals surface area contributed by atoms with Crippen molar-refractivity contribution in [2.75, 3.05) is 18.6 Å². The van der Waals surface area contributed by atoms with Gasteiger partial charge in [-0.05, 0) is 67.1 Å². The van der Waals surface area contributed by atoms with Crippen molar-refractivity contribution in [1.29, 1.82) is 0 Å². The number of hydrogen-bond donors (Lipinski definition) is 0. The van der Waals surface area contributed by atoms with Crippen LogP contribution < -0.4 is 9.64 Å². The second kappa shape index (κ2) is 11.3. The van der Waals surface area contributed by atoms with E-state index < -0.39 is 33.8 Å². The molecule has 3 aromatic rings. The Morgan fingerprint density at radius 3 is 2.29 bits per heavy atom. The van der Waals surface area contributed by atoms with Gasteiger partial charge in [0.25, 0.3) is 5.91 Å². The molecule has 0 saturated carbocycles. The number of ether oxygens (including phenoxy) is 2. The fourth-order valence-electron chi connectivity index (χ4n) is 4.11. The van der Waals surface area contributed by atoms with Gasteiger partial charge >= 0.3 is 5.97 Å². The molecular formula is C27H25ClN2O7S. The molecule has 9 nitrogen and oxygen atoms in total. The van der Waals surface area contributed by atoms with Crippen LogP contribution in [0.2, 0.25) is 5.02 Å². The SMILES string of the molecule is CCOC(=O)c1ccc(N2C(=O)CC(N(Cc3ccccc3Cl)S(=O)(=O)c3ccc(OC)cc3)C2=O)cc1. The molecule has 1 heterocycles. The molecule has 3 aromatic carbocycles. The summed E-state index contributed by atoms with van der Waals surface area (Å²) in [5.74, 6) is -1.35. The van der Waals surface area contributed by atoms with E-state index in [0.29, 0.717) is 16.3 Å². The molecule has 0 aromatic heterocycles. The van der Waals surface area contributed by atoms with E-state index in [1.54, 1.807) is 31.2 Å². The molecule has 1 saturated heterocycles. The molecule has 0 bridgehead atoms. The predicted octanol–water partition coefficient (Wildman–Crippen LogP) is 4.05. The molecule has 4 rings (SSSR count). The predicted molar refractivity (Wildman–Crippen MR) is 140 cm³/mol. The van der Waals surface area contributed by atoms with Crippen molar-refractivity contribution in [2.45, 2.75) is 30.8 Å². The van der Waals surface area contributed by atoms with Gasteiger partial charge in [0, 0.05) is 11.6 Å². The van der Waals surface area contributed by atoms with Crippen molar-refractivity contribution in [3.05, 3.63) is 88.9 Å². The molecule has 0 radical (unpaired) electrons. The number of imide groups is 1. The van der Waals surface area contributed by atoms with Gasteiger partial charge in [-0.1, -0.05) is 29.8 Å². The summed E-state index contributed by atoms with van der Waals surface area (Å²) in [6, 6.07) is 16.9. The van der Waals surface area contributed by atoms with E-state index in [9.17, 15) is 22.8 Å². The Balaban J connectivity index is 1.70. The van der Waals surface area contributed by atoms with Crippen LogP contribution in [-0.2, 0) is 30.9 Å². The lowest BCUT2D eigenvalue weighted by atomic mass is 10.2. The largest absolute Gasteiger partial charge is 0.497 e. The minimum absolute atomic E-state index is 0.0668. The van der Waals surface area contributed by atoms with Crippen LogP contribution >= 0.6 is 11.6 Å². The Bertz CT molecular complexity index is 1460. The minimum Gasteiger partial charge on any atom is -0.497 e. The van der Waals surface area contributed by atoms with Crippen LogP contribution in [0.1, 0.15) is 29.3 Å². The zero-order valence-corrected chi connectivity index (χ0v) is 22.2. The monoisotopic (exact) mass is 556 g/mol. The number of carbonyl (C=O) groups excluding carboxylic acids is 3. The van der Waals surface area contributed by atoms with E-state index in [2.05, 4.69) is 0 Å². The highest BCUT2D eigenvalue weighted by Gasteiger charge is 2.47. The number of methoxy groups -OCH3 is 1. The second-order valence-corrected chi connectivity index (χ2v) is 10.7. The highest BCUT2D eigenvalue weighted by molar-refractivity contribution is 7.89. The van der Waals surface area contributed by atoms with E-state index in [0.717, 1.165) is 9.21 Å². The van der Waals surface area contributed by atoms with E-state index in [4.69, 9.17) is 21.1 Å². The van der Waals surface area contributed by atoms with Crippen molar-refractivity contribution in [3.63, 3.8) is 0 Å². The number of carbonyl (C=O) groups is 3. The maximum Gasteiger partial charge on any atom is 0.338 e. The van der Waals surface area contributed by atoms with Crippen molar-refractivity contribution >= 4 is 45.1 Å². The Kier molecular flexibility index (Phi) is 8.15. The van der Waals surface area contributed by atoms with Gasteiger partial charge in [-0.3, -0.25) is 9.59 Å². The van der Waals surface area contributed by atoms with Crippen LogP contribution in [0.3, 0.4) is 0 Å². The summed E-state index contributed by atoms with van der Waals surface area (Å²) < 4.78 is 38.7. The van der Waals surface area contributed by atoms with Gasteiger partial charge in [0.2, 0.25) is 15.9 Å². The molecular weight excluding hydrogens is 532 g/mol. The van der Waals surface area contributed by atoms with Gasteiger partial charge in [0.15, 0.2) is 0 Å². The molecule has 2 amide bonds. The van der Waals surface area contributed by atoms with Crippen molar-refractivity contribution in [1.82, 2.24) is 4.31 Å². The summed E-state index contributed by atoms with van der Waals surface area (Å²) in [6.07, 6.45) is -0.363. The zero-order chi connectivity index (χ0) is 27.4. The summed E-state index contributed by atoms with van der Waals surface area (Å²) >= 11 is 6.33. The lowest BCUT2D eigenvalue weighted by molar-refractivity contribution is -0.122. The second-order valence-electron chi connectivity index (χ2n) is 8.37. The molecule has 11 heteroatoms. The molecule has 198 valence electrons. The molecule has 1 unspecified atom stereocenters. The first kappa shape index (κ1) is 27.3. The lowest BCUT2D eigenvalue weighted by Gasteiger charge is -2.27. The molecule has 0 spiro atoms. The van der Waals surface area contributed by atoms with E-state index in [1.165, 1.54) is 55.6 Å². The van der Waals surface area contributed by atoms with E-state index in [1.807, 2.05) is 0 Å². The first-order valence-corrected chi connectivity index (χ1v) is 13.5. The van der Waals surface area contributed by atoms with Crippen LogP contribution in [0, 0.1) is 0 Å². The van der Waals surface area contributed by atoms with Gasteiger partial charge in [-0.15, -0.1) is 0 Å². The quantitative estimate of drug-likeness (QED) is 0.289. The molecule has 1 fully saturated rings. The lowest BCUT2D eigenvalue weighted by Crippen LogP contribution is -2.45. The van der Waals surface area contributed by atoms with Crippen LogP contribution in [0.5, 0.6) is 5.75 Å². The first-order valence-electron chi connectivity index (χ1n) is 11.7. The zero-order valence-electron chi connectivity index (χ0n) is 20.7. The van der Waals surface area contributed by atoms with Gasteiger partial charge in [-0.25, -0.2) is 18.1 Å². The van der Waals surface area contributed by atoms with E-state index >= 15 is 0 Å². The minimum atomic E-state index is -4.25. The smallest absolute Gasteiger partial charge is 0.338 e. The number of anilines is 1. The van der Waals surface area contributed by atoms with Crippen LogP contribution in [0.4, 0.5) is 5.69 Å². The fourth-order valence-corrected chi connectivity index (χ4v) is 5.87. The Labute approximate surface area is 225 Å². The number of amides is 2. The number of hydrogen-bond acceptors (Lipinski definition) is 7. The molecule has 0 aliphatic carbocycles. The first-order chi connectivity index (χ1) is 18.2. The summed E-state index contributed by atoms with van der Waals surface area (Å²) in [4.78, 5) is 39.5. The van der Waals surface area contributed by atoms with Crippen LogP contribution in [-0.4, -0.2) is 50.3 Å². The molecule has 1 atom stereocenters. The maximum atomic E-state index is 13.8. The fraction of sp³-hybridized carbons (Fsp3) is 0.222. The van der Waals surface area contributed by atoms with Crippen molar-refractivity contribution < 1.29 is 32.3 Å². The highest BCUT2D eigenvalue weighted by Crippen LogP contribution is 2.32. The van der Waals surface area contributed by atoms with Gasteiger partial charge in [-0.2, -0.15) is 4.31 Å². The average molecular weight is 557 g/mol. The van der Waals surface area contributed by atoms with Gasteiger partial charge in [0.05, 0.1) is 36.3 Å². The Morgan fingerprint density at radius 1 is 1.03 bits per heavy atom. The molecule has 38 heavy (non-hydrogen) atoms. The summed E-state index contributed by atoms with van der Waals surface area (Å²) in [5.41, 5.74) is 0.951. The summed E-state index contributed by atoms with van der Waals surface area (Å²) in [7, 11) is -2.79. The normalized spacial score (nSPS) is 15.7. The number of sulfonamides is 1. The topological polar surface area (TPSA) is 110 Å². The molecule has 0 N–H and O–H groups in total. The molecule has 1 aliphatic heterocycles. The summed E-state index contributed by atoms with van der Waals surface area (Å²) in [5, 5.41) is 0.325. The van der Waals surface area contributed by atoms with Crippen molar-refractivity contribution in [3.8, 4) is 5.75 Å². The average Bonchev–Trinajstić information content (AvgIpc) is 3.21. The third kappa shape index (κ3) is 5.42. The third-order valence-electron chi connectivity index (χ3n) is 6.06. The number of rotatable bonds is 9. The molecule has 1 aliphatic rings. The van der Waals surface area contributed by atoms with Crippen molar-refractivity contribution in [2.24, 2.45) is 0 Å². The van der Waals surface area contributed by atoms with E-state index in [-0.39, 0.29) is 35.7 Å². The third-order valence-corrected chi connectivity index (χ3v) is 8.29. The van der Waals surface area contributed by atoms with Crippen LogP contribution in [0.15, 0.2) is 77.7 Å². The summed E-state index contributed by atoms with van der Waals surface area (Å²) in [6.45, 7) is 1.66.